The van der Waals surface area contributed by atoms with Gasteiger partial charge in [0.15, 0.2) is 5.84 Å². The average molecular weight is 316 g/mol. The maximum Gasteiger partial charge on any atom is 0.172 e. The number of oxime groups is 1. The number of amidine groups is 1. The summed E-state index contributed by atoms with van der Waals surface area (Å²) in [7, 11) is 0. The van der Waals surface area contributed by atoms with Crippen molar-refractivity contribution in [2.24, 2.45) is 10.9 Å². The van der Waals surface area contributed by atoms with Crippen molar-refractivity contribution in [3.8, 4) is 0 Å². The lowest BCUT2D eigenvalue weighted by Crippen LogP contribution is -2.28. The number of aliphatic hydroxyl groups excluding tert-OH is 1. The van der Waals surface area contributed by atoms with Gasteiger partial charge in [-0.1, -0.05) is 21.1 Å². The van der Waals surface area contributed by atoms with E-state index in [1.165, 1.54) is 0 Å². The van der Waals surface area contributed by atoms with Crippen molar-refractivity contribution in [2.45, 2.75) is 13.3 Å². The van der Waals surface area contributed by atoms with Gasteiger partial charge in [-0.3, -0.25) is 0 Å². The van der Waals surface area contributed by atoms with E-state index in [1.54, 1.807) is 6.07 Å². The van der Waals surface area contributed by atoms with Crippen LogP contribution in [-0.2, 0) is 0 Å². The van der Waals surface area contributed by atoms with Gasteiger partial charge >= 0.3 is 0 Å². The molecule has 0 radical (unpaired) electrons. The Morgan fingerprint density at radius 1 is 1.50 bits per heavy atom. The van der Waals surface area contributed by atoms with Gasteiger partial charge in [-0.05, 0) is 31.5 Å². The molecule has 100 valence electrons. The predicted octanol–water partition coefficient (Wildman–Crippen LogP) is 1.75. The molecule has 0 aliphatic rings. The zero-order chi connectivity index (χ0) is 13.5. The molecular formula is C12H18BrN3O2. The highest BCUT2D eigenvalue weighted by Crippen LogP contribution is 2.25. The predicted molar refractivity (Wildman–Crippen MR) is 76.2 cm³/mol. The molecule has 0 atom stereocenters. The summed E-state index contributed by atoms with van der Waals surface area (Å²) in [5, 5.41) is 20.8. The Morgan fingerprint density at radius 3 is 2.78 bits per heavy atom. The second-order valence-electron chi connectivity index (χ2n) is 3.80. The molecule has 6 heteroatoms. The average Bonchev–Trinajstić information content (AvgIpc) is 2.39. The lowest BCUT2D eigenvalue weighted by Gasteiger charge is -2.25. The molecule has 0 saturated carbocycles. The SMILES string of the molecule is CCN(CCCO)c1cc(Br)ccc1/C(N)=N/O. The van der Waals surface area contributed by atoms with Crippen LogP contribution in [0.4, 0.5) is 5.69 Å². The quantitative estimate of drug-likeness (QED) is 0.323. The highest BCUT2D eigenvalue weighted by Gasteiger charge is 2.13. The lowest BCUT2D eigenvalue weighted by molar-refractivity contribution is 0.289. The number of nitrogens with zero attached hydrogens (tertiary/aromatic N) is 2. The van der Waals surface area contributed by atoms with Crippen LogP contribution >= 0.6 is 15.9 Å². The summed E-state index contributed by atoms with van der Waals surface area (Å²) in [5.74, 6) is 0.0833. The molecule has 0 fully saturated rings. The molecule has 0 bridgehead atoms. The molecule has 1 aromatic carbocycles. The van der Waals surface area contributed by atoms with E-state index >= 15 is 0 Å². The summed E-state index contributed by atoms with van der Waals surface area (Å²) >= 11 is 3.41. The monoisotopic (exact) mass is 315 g/mol. The van der Waals surface area contributed by atoms with Crippen molar-refractivity contribution >= 4 is 27.5 Å². The Labute approximate surface area is 115 Å². The van der Waals surface area contributed by atoms with Gasteiger partial charge in [0, 0.05) is 35.4 Å². The van der Waals surface area contributed by atoms with Crippen molar-refractivity contribution in [2.75, 3.05) is 24.6 Å². The standard InChI is InChI=1S/C12H18BrN3O2/c1-2-16(6-3-7-17)11-8-9(13)4-5-10(11)12(14)15-18/h4-5,8,17-18H,2-3,6-7H2,1H3,(H2,14,15). The summed E-state index contributed by atoms with van der Waals surface area (Å²) in [5.41, 5.74) is 7.24. The van der Waals surface area contributed by atoms with E-state index in [1.807, 2.05) is 19.1 Å². The van der Waals surface area contributed by atoms with Gasteiger partial charge in [-0.25, -0.2) is 0 Å². The van der Waals surface area contributed by atoms with E-state index < -0.39 is 0 Å². The number of hydrogen-bond acceptors (Lipinski definition) is 4. The maximum absolute atomic E-state index is 8.91. The summed E-state index contributed by atoms with van der Waals surface area (Å²) in [4.78, 5) is 2.08. The molecule has 1 aromatic rings. The third-order valence-corrected chi connectivity index (χ3v) is 3.15. The van der Waals surface area contributed by atoms with Crippen molar-refractivity contribution in [3.63, 3.8) is 0 Å². The summed E-state index contributed by atoms with van der Waals surface area (Å²) in [6.45, 7) is 3.66. The van der Waals surface area contributed by atoms with Crippen LogP contribution in [0.3, 0.4) is 0 Å². The van der Waals surface area contributed by atoms with E-state index in [9.17, 15) is 0 Å². The first-order valence-electron chi connectivity index (χ1n) is 5.77. The fourth-order valence-electron chi connectivity index (χ4n) is 1.75. The number of anilines is 1. The second kappa shape index (κ2) is 7.23. The van der Waals surface area contributed by atoms with Gasteiger partial charge in [-0.15, -0.1) is 0 Å². The molecule has 18 heavy (non-hydrogen) atoms. The third kappa shape index (κ3) is 3.61. The molecule has 1 rings (SSSR count). The first kappa shape index (κ1) is 14.8. The molecule has 0 saturated heterocycles. The fourth-order valence-corrected chi connectivity index (χ4v) is 2.10. The second-order valence-corrected chi connectivity index (χ2v) is 4.72. The molecule has 0 spiro atoms. The van der Waals surface area contributed by atoms with E-state index in [2.05, 4.69) is 26.0 Å². The van der Waals surface area contributed by atoms with Gasteiger partial charge in [0.25, 0.3) is 0 Å². The van der Waals surface area contributed by atoms with Crippen LogP contribution in [0.5, 0.6) is 0 Å². The zero-order valence-electron chi connectivity index (χ0n) is 10.3. The molecule has 0 amide bonds. The number of halogens is 1. The largest absolute Gasteiger partial charge is 0.409 e. The molecule has 4 N–H and O–H groups in total. The van der Waals surface area contributed by atoms with Crippen molar-refractivity contribution in [1.29, 1.82) is 0 Å². The first-order chi connectivity index (χ1) is 8.63. The van der Waals surface area contributed by atoms with Gasteiger partial charge in [-0.2, -0.15) is 0 Å². The van der Waals surface area contributed by atoms with Crippen LogP contribution in [0.25, 0.3) is 0 Å². The van der Waals surface area contributed by atoms with Crippen LogP contribution in [0, 0.1) is 0 Å². The van der Waals surface area contributed by atoms with Crippen LogP contribution in [-0.4, -0.2) is 35.8 Å². The third-order valence-electron chi connectivity index (χ3n) is 2.65. The van der Waals surface area contributed by atoms with Gasteiger partial charge in [0.05, 0.1) is 0 Å². The molecular weight excluding hydrogens is 298 g/mol. The number of aliphatic hydroxyl groups is 1. The summed E-state index contributed by atoms with van der Waals surface area (Å²) < 4.78 is 0.925. The van der Waals surface area contributed by atoms with Crippen molar-refractivity contribution < 1.29 is 10.3 Å². The van der Waals surface area contributed by atoms with Crippen LogP contribution in [0.2, 0.25) is 0 Å². The van der Waals surface area contributed by atoms with Gasteiger partial charge in [0.1, 0.15) is 0 Å². The minimum Gasteiger partial charge on any atom is -0.409 e. The Balaban J connectivity index is 3.13. The zero-order valence-corrected chi connectivity index (χ0v) is 11.9. The van der Waals surface area contributed by atoms with Gasteiger partial charge < -0.3 is 20.9 Å². The summed E-state index contributed by atoms with van der Waals surface area (Å²) in [6, 6.07) is 5.57. The normalized spacial score (nSPS) is 11.6. The molecule has 0 aliphatic carbocycles. The van der Waals surface area contributed by atoms with Crippen LogP contribution < -0.4 is 10.6 Å². The molecule has 0 aromatic heterocycles. The molecule has 5 nitrogen and oxygen atoms in total. The number of hydrogen-bond donors (Lipinski definition) is 3. The smallest absolute Gasteiger partial charge is 0.172 e. The number of rotatable bonds is 6. The Hall–Kier alpha value is -1.27. The fraction of sp³-hybridized carbons (Fsp3) is 0.417. The van der Waals surface area contributed by atoms with E-state index in [-0.39, 0.29) is 12.4 Å². The Morgan fingerprint density at radius 2 is 2.22 bits per heavy atom. The highest BCUT2D eigenvalue weighted by molar-refractivity contribution is 9.10. The molecule has 0 heterocycles. The van der Waals surface area contributed by atoms with E-state index in [0.717, 1.165) is 23.2 Å². The Bertz CT molecular complexity index is 424. The number of nitrogens with two attached hydrogens (primary N) is 1. The highest BCUT2D eigenvalue weighted by atomic mass is 79.9. The summed E-state index contributed by atoms with van der Waals surface area (Å²) in [6.07, 6.45) is 0.677. The minimum absolute atomic E-state index is 0.0833. The van der Waals surface area contributed by atoms with Gasteiger partial charge in [0.2, 0.25) is 0 Å². The first-order valence-corrected chi connectivity index (χ1v) is 6.56. The Kier molecular flexibility index (Phi) is 5.94. The number of benzene rings is 1. The van der Waals surface area contributed by atoms with Crippen molar-refractivity contribution in [1.82, 2.24) is 0 Å². The van der Waals surface area contributed by atoms with Crippen LogP contribution in [0.15, 0.2) is 27.8 Å². The minimum atomic E-state index is 0.0833. The topological polar surface area (TPSA) is 82.1 Å². The van der Waals surface area contributed by atoms with Crippen molar-refractivity contribution in [3.05, 3.63) is 28.2 Å². The molecule has 0 aliphatic heterocycles. The van der Waals surface area contributed by atoms with Crippen LogP contribution in [0.1, 0.15) is 18.9 Å². The van der Waals surface area contributed by atoms with E-state index in [4.69, 9.17) is 16.0 Å². The lowest BCUT2D eigenvalue weighted by atomic mass is 10.1. The molecule has 0 unspecified atom stereocenters. The maximum atomic E-state index is 8.91. The van der Waals surface area contributed by atoms with E-state index in [0.29, 0.717) is 12.0 Å².